The summed E-state index contributed by atoms with van der Waals surface area (Å²) in [5, 5.41) is 0. The highest BCUT2D eigenvalue weighted by Crippen LogP contribution is 2.26. The maximum absolute atomic E-state index is 12.9. The highest BCUT2D eigenvalue weighted by Gasteiger charge is 2.26. The van der Waals surface area contributed by atoms with E-state index in [1.807, 2.05) is 41.5 Å². The molecule has 1 aliphatic rings. The van der Waals surface area contributed by atoms with Gasteiger partial charge in [-0.15, -0.1) is 11.8 Å². The van der Waals surface area contributed by atoms with Crippen LogP contribution in [0.3, 0.4) is 0 Å². The molecular formula is C21H27N2O3S+. The Balaban J connectivity index is 1.59. The van der Waals surface area contributed by atoms with Crippen LogP contribution >= 0.6 is 11.8 Å². The highest BCUT2D eigenvalue weighted by atomic mass is 32.2. The van der Waals surface area contributed by atoms with Crippen LogP contribution in [-0.4, -0.2) is 57.5 Å². The van der Waals surface area contributed by atoms with E-state index in [0.717, 1.165) is 43.4 Å². The van der Waals surface area contributed by atoms with Crippen LogP contribution < -0.4 is 14.4 Å². The minimum atomic E-state index is 0.0583. The predicted molar refractivity (Wildman–Crippen MR) is 108 cm³/mol. The van der Waals surface area contributed by atoms with Crippen LogP contribution in [0.15, 0.2) is 47.4 Å². The molecule has 5 nitrogen and oxygen atoms in total. The molecule has 1 saturated heterocycles. The summed E-state index contributed by atoms with van der Waals surface area (Å²) in [6, 6.07) is 14.0. The van der Waals surface area contributed by atoms with E-state index in [2.05, 4.69) is 12.1 Å². The highest BCUT2D eigenvalue weighted by molar-refractivity contribution is 7.98. The zero-order valence-corrected chi connectivity index (χ0v) is 17.0. The Kier molecular flexibility index (Phi) is 6.63. The van der Waals surface area contributed by atoms with Crippen LogP contribution in [0.5, 0.6) is 11.5 Å². The number of carbonyl (C=O) groups excluding carboxylic acids is 1. The molecule has 2 aromatic carbocycles. The van der Waals surface area contributed by atoms with Gasteiger partial charge in [0.25, 0.3) is 5.91 Å². The van der Waals surface area contributed by atoms with Gasteiger partial charge in [0.05, 0.1) is 46.0 Å². The summed E-state index contributed by atoms with van der Waals surface area (Å²) in [6.07, 6.45) is 2.01. The van der Waals surface area contributed by atoms with Gasteiger partial charge in [-0.05, 0) is 48.7 Å². The number of carbonyl (C=O) groups is 1. The number of benzene rings is 2. The molecule has 0 aliphatic carbocycles. The Morgan fingerprint density at radius 2 is 1.78 bits per heavy atom. The smallest absolute Gasteiger partial charge is 0.258 e. The fraction of sp³-hybridized carbons (Fsp3) is 0.381. The molecule has 1 fully saturated rings. The molecule has 3 rings (SSSR count). The lowest BCUT2D eigenvalue weighted by Crippen LogP contribution is -3.13. The minimum absolute atomic E-state index is 0.0583. The van der Waals surface area contributed by atoms with Gasteiger partial charge in [0, 0.05) is 10.5 Å². The van der Waals surface area contributed by atoms with Gasteiger partial charge in [-0.25, -0.2) is 0 Å². The third kappa shape index (κ3) is 4.76. The summed E-state index contributed by atoms with van der Waals surface area (Å²) in [5.74, 6) is 1.59. The maximum atomic E-state index is 12.9. The van der Waals surface area contributed by atoms with E-state index < -0.39 is 0 Å². The normalized spacial score (nSPS) is 14.9. The third-order valence-electron chi connectivity index (χ3n) is 5.01. The summed E-state index contributed by atoms with van der Waals surface area (Å²) in [7, 11) is 3.30. The number of quaternary nitrogens is 1. The summed E-state index contributed by atoms with van der Waals surface area (Å²) in [5.41, 5.74) is 1.94. The van der Waals surface area contributed by atoms with Gasteiger partial charge in [0.15, 0.2) is 0 Å². The van der Waals surface area contributed by atoms with Crippen molar-refractivity contribution in [2.45, 2.75) is 11.4 Å². The van der Waals surface area contributed by atoms with Crippen molar-refractivity contribution in [2.24, 2.45) is 0 Å². The third-order valence-corrected chi connectivity index (χ3v) is 5.74. The lowest BCUT2D eigenvalue weighted by atomic mass is 10.1. The number of amides is 1. The lowest BCUT2D eigenvalue weighted by Gasteiger charge is -2.32. The fourth-order valence-corrected chi connectivity index (χ4v) is 3.81. The first kappa shape index (κ1) is 19.6. The number of thioether (sulfide) groups is 1. The van der Waals surface area contributed by atoms with E-state index in [4.69, 9.17) is 9.47 Å². The van der Waals surface area contributed by atoms with Gasteiger partial charge < -0.3 is 19.3 Å². The van der Waals surface area contributed by atoms with Crippen LogP contribution in [0.25, 0.3) is 0 Å². The summed E-state index contributed by atoms with van der Waals surface area (Å²) in [4.78, 5) is 17.5. The first-order chi connectivity index (χ1) is 13.1. The van der Waals surface area contributed by atoms with E-state index in [0.29, 0.717) is 11.3 Å². The van der Waals surface area contributed by atoms with Crippen molar-refractivity contribution in [2.75, 3.05) is 46.7 Å². The molecule has 0 atom stereocenters. The van der Waals surface area contributed by atoms with E-state index in [1.54, 1.807) is 26.0 Å². The zero-order valence-electron chi connectivity index (χ0n) is 16.2. The molecule has 2 aromatic rings. The molecule has 27 heavy (non-hydrogen) atoms. The minimum Gasteiger partial charge on any atom is -0.497 e. The van der Waals surface area contributed by atoms with Gasteiger partial charge in [-0.1, -0.05) is 0 Å². The molecule has 0 bridgehead atoms. The first-order valence-corrected chi connectivity index (χ1v) is 10.3. The van der Waals surface area contributed by atoms with Crippen LogP contribution in [0, 0.1) is 0 Å². The molecule has 1 amide bonds. The van der Waals surface area contributed by atoms with E-state index in [9.17, 15) is 4.79 Å². The molecule has 0 saturated carbocycles. The molecule has 0 unspecified atom stereocenters. The van der Waals surface area contributed by atoms with Crippen LogP contribution in [0.4, 0.5) is 0 Å². The van der Waals surface area contributed by atoms with Crippen molar-refractivity contribution >= 4 is 17.7 Å². The van der Waals surface area contributed by atoms with Gasteiger partial charge in [-0.2, -0.15) is 0 Å². The van der Waals surface area contributed by atoms with Crippen LogP contribution in [0.2, 0.25) is 0 Å². The molecule has 1 heterocycles. The topological polar surface area (TPSA) is 43.2 Å². The predicted octanol–water partition coefficient (Wildman–Crippen LogP) is 1.97. The fourth-order valence-electron chi connectivity index (χ4n) is 3.38. The van der Waals surface area contributed by atoms with Gasteiger partial charge in [0.1, 0.15) is 18.0 Å². The van der Waals surface area contributed by atoms with Gasteiger partial charge in [0.2, 0.25) is 0 Å². The van der Waals surface area contributed by atoms with Crippen molar-refractivity contribution in [1.29, 1.82) is 0 Å². The Labute approximate surface area is 165 Å². The Morgan fingerprint density at radius 1 is 1.07 bits per heavy atom. The monoisotopic (exact) mass is 387 g/mol. The molecule has 0 radical (unpaired) electrons. The molecule has 6 heteroatoms. The maximum Gasteiger partial charge on any atom is 0.258 e. The SMILES string of the molecule is COc1ccc(C[NH+]2CCN(C(=O)c3ccc(SC)cc3OC)CC2)cc1. The second kappa shape index (κ2) is 9.15. The number of rotatable bonds is 6. The number of nitrogens with zero attached hydrogens (tertiary/aromatic N) is 1. The van der Waals surface area contributed by atoms with Crippen molar-refractivity contribution in [3.8, 4) is 11.5 Å². The van der Waals surface area contributed by atoms with Crippen LogP contribution in [-0.2, 0) is 6.54 Å². The molecule has 0 spiro atoms. The largest absolute Gasteiger partial charge is 0.497 e. The summed E-state index contributed by atoms with van der Waals surface area (Å²) in [6.45, 7) is 4.39. The van der Waals surface area contributed by atoms with Crippen molar-refractivity contribution in [3.05, 3.63) is 53.6 Å². The number of ether oxygens (including phenoxy) is 2. The Bertz CT molecular complexity index is 771. The van der Waals surface area contributed by atoms with Gasteiger partial charge in [-0.3, -0.25) is 4.79 Å². The Hall–Kier alpha value is -2.18. The average molecular weight is 388 g/mol. The molecule has 1 aliphatic heterocycles. The summed E-state index contributed by atoms with van der Waals surface area (Å²) < 4.78 is 10.7. The van der Waals surface area contributed by atoms with E-state index in [1.165, 1.54) is 10.5 Å². The van der Waals surface area contributed by atoms with E-state index >= 15 is 0 Å². The van der Waals surface area contributed by atoms with Crippen molar-refractivity contribution < 1.29 is 19.2 Å². The van der Waals surface area contributed by atoms with Gasteiger partial charge >= 0.3 is 0 Å². The molecule has 1 N–H and O–H groups in total. The van der Waals surface area contributed by atoms with Crippen molar-refractivity contribution in [1.82, 2.24) is 4.90 Å². The standard InChI is InChI=1S/C21H26N2O3S/c1-25-17-6-4-16(5-7-17)15-22-10-12-23(13-11-22)21(24)19-9-8-18(27-3)14-20(19)26-2/h4-9,14H,10-13,15H2,1-3H3/p+1. The molecule has 144 valence electrons. The first-order valence-electron chi connectivity index (χ1n) is 9.12. The summed E-state index contributed by atoms with van der Waals surface area (Å²) >= 11 is 1.64. The number of hydrogen-bond donors (Lipinski definition) is 1. The quantitative estimate of drug-likeness (QED) is 0.770. The number of hydrogen-bond acceptors (Lipinski definition) is 4. The number of nitrogens with one attached hydrogen (secondary N) is 1. The number of piperazine rings is 1. The zero-order chi connectivity index (χ0) is 19.2. The average Bonchev–Trinajstić information content (AvgIpc) is 2.73. The second-order valence-corrected chi connectivity index (χ2v) is 7.51. The number of methoxy groups -OCH3 is 2. The lowest BCUT2D eigenvalue weighted by molar-refractivity contribution is -0.917. The second-order valence-electron chi connectivity index (χ2n) is 6.63. The molecule has 0 aromatic heterocycles. The van der Waals surface area contributed by atoms with E-state index in [-0.39, 0.29) is 5.91 Å². The van der Waals surface area contributed by atoms with Crippen LogP contribution in [0.1, 0.15) is 15.9 Å². The Morgan fingerprint density at radius 3 is 2.37 bits per heavy atom. The molecular weight excluding hydrogens is 360 g/mol. The van der Waals surface area contributed by atoms with Crippen molar-refractivity contribution in [3.63, 3.8) is 0 Å².